The maximum absolute atomic E-state index is 13.3. The molecule has 8 heteroatoms. The summed E-state index contributed by atoms with van der Waals surface area (Å²) in [4.78, 5) is 20.3. The van der Waals surface area contributed by atoms with Crippen molar-refractivity contribution in [2.45, 2.75) is 46.6 Å². The number of amides is 1. The van der Waals surface area contributed by atoms with E-state index in [9.17, 15) is 4.79 Å². The molecule has 0 radical (unpaired) electrons. The molecule has 1 saturated heterocycles. The number of imidazole rings is 1. The van der Waals surface area contributed by atoms with E-state index in [2.05, 4.69) is 17.1 Å². The number of aromatic nitrogens is 2. The lowest BCUT2D eigenvalue weighted by molar-refractivity contribution is -0.116. The van der Waals surface area contributed by atoms with Crippen LogP contribution in [0.4, 0.5) is 11.4 Å². The van der Waals surface area contributed by atoms with Gasteiger partial charge in [-0.1, -0.05) is 25.5 Å². The third kappa shape index (κ3) is 5.88. The molecule has 3 aromatic rings. The molecular weight excluding hydrogens is 444 g/mol. The molecule has 188 valence electrons. The molecule has 4 rings (SSSR count). The zero-order chi connectivity index (χ0) is 24.6. The van der Waals surface area contributed by atoms with Crippen LogP contribution < -0.4 is 19.7 Å². The molecule has 0 aliphatic carbocycles. The highest BCUT2D eigenvalue weighted by atomic mass is 16.5. The van der Waals surface area contributed by atoms with Crippen LogP contribution in [0.15, 0.2) is 36.4 Å². The van der Waals surface area contributed by atoms with E-state index in [-0.39, 0.29) is 12.5 Å². The molecular formula is C27H36N4O4. The number of aryl methyl sites for hydroxylation is 1. The summed E-state index contributed by atoms with van der Waals surface area (Å²) < 4.78 is 19.4. The van der Waals surface area contributed by atoms with Gasteiger partial charge in [0.1, 0.15) is 23.9 Å². The number of hydrogen-bond donors (Lipinski definition) is 1. The number of nitrogens with one attached hydrogen (secondary N) is 1. The van der Waals surface area contributed by atoms with E-state index in [4.69, 9.17) is 19.2 Å². The lowest BCUT2D eigenvalue weighted by Gasteiger charge is -2.31. The maximum atomic E-state index is 13.3. The van der Waals surface area contributed by atoms with Gasteiger partial charge in [0, 0.05) is 31.6 Å². The third-order valence-electron chi connectivity index (χ3n) is 6.08. The van der Waals surface area contributed by atoms with Gasteiger partial charge in [0.15, 0.2) is 0 Å². The van der Waals surface area contributed by atoms with Crippen molar-refractivity contribution in [2.24, 2.45) is 0 Å². The Morgan fingerprint density at radius 1 is 1.06 bits per heavy atom. The minimum absolute atomic E-state index is 0.131. The Morgan fingerprint density at radius 2 is 1.80 bits per heavy atom. The zero-order valence-electron chi connectivity index (χ0n) is 21.0. The lowest BCUT2D eigenvalue weighted by atomic mass is 10.2. The number of rotatable bonds is 11. The molecule has 0 unspecified atom stereocenters. The van der Waals surface area contributed by atoms with Crippen LogP contribution >= 0.6 is 0 Å². The summed E-state index contributed by atoms with van der Waals surface area (Å²) in [7, 11) is 0. The fraction of sp³-hybridized carbons (Fsp3) is 0.481. The molecule has 1 N–H and O–H groups in total. The Balaban J connectivity index is 1.61. The number of unbranched alkanes of at least 4 members (excludes halogenated alkanes) is 1. The van der Waals surface area contributed by atoms with Crippen molar-refractivity contribution in [3.8, 4) is 11.5 Å². The number of benzene rings is 2. The summed E-state index contributed by atoms with van der Waals surface area (Å²) >= 11 is 0. The molecule has 0 bridgehead atoms. The highest BCUT2D eigenvalue weighted by molar-refractivity contribution is 5.94. The van der Waals surface area contributed by atoms with Gasteiger partial charge < -0.3 is 29.0 Å². The molecule has 1 fully saturated rings. The molecule has 0 atom stereocenters. The predicted molar refractivity (Wildman–Crippen MR) is 139 cm³/mol. The van der Waals surface area contributed by atoms with E-state index < -0.39 is 0 Å². The second-order valence-electron chi connectivity index (χ2n) is 8.54. The van der Waals surface area contributed by atoms with Gasteiger partial charge in [-0.25, -0.2) is 4.98 Å². The number of para-hydroxylation sites is 2. The molecule has 1 aliphatic rings. The quantitative estimate of drug-likeness (QED) is 0.430. The molecule has 1 amide bonds. The van der Waals surface area contributed by atoms with E-state index in [1.165, 1.54) is 0 Å². The van der Waals surface area contributed by atoms with Crippen molar-refractivity contribution >= 4 is 28.3 Å². The molecule has 1 aromatic heterocycles. The van der Waals surface area contributed by atoms with Crippen molar-refractivity contribution in [3.05, 3.63) is 42.2 Å². The van der Waals surface area contributed by atoms with E-state index in [1.54, 1.807) is 0 Å². The van der Waals surface area contributed by atoms with Crippen LogP contribution in [0.1, 0.15) is 39.4 Å². The first kappa shape index (κ1) is 24.9. The number of nitrogens with zero attached hydrogens (tertiary/aromatic N) is 3. The largest absolute Gasteiger partial charge is 0.492 e. The molecule has 0 spiro atoms. The fourth-order valence-electron chi connectivity index (χ4n) is 4.41. The number of carbonyl (C=O) groups excluding carboxylic acids is 1. The fourth-order valence-corrected chi connectivity index (χ4v) is 4.41. The van der Waals surface area contributed by atoms with Crippen LogP contribution in [-0.4, -0.2) is 55.0 Å². The normalized spacial score (nSPS) is 13.7. The van der Waals surface area contributed by atoms with Gasteiger partial charge in [-0.3, -0.25) is 4.79 Å². The first-order chi connectivity index (χ1) is 17.1. The second kappa shape index (κ2) is 11.9. The van der Waals surface area contributed by atoms with Crippen molar-refractivity contribution < 1.29 is 19.0 Å². The van der Waals surface area contributed by atoms with Crippen molar-refractivity contribution in [1.29, 1.82) is 0 Å². The summed E-state index contributed by atoms with van der Waals surface area (Å²) in [5.41, 5.74) is 3.45. The number of carbonyl (C=O) groups is 1. The summed E-state index contributed by atoms with van der Waals surface area (Å²) in [6, 6.07) is 11.8. The number of ether oxygens (including phenoxy) is 3. The minimum atomic E-state index is -0.131. The topological polar surface area (TPSA) is 77.9 Å². The van der Waals surface area contributed by atoms with Gasteiger partial charge in [0.05, 0.1) is 48.8 Å². The van der Waals surface area contributed by atoms with Crippen LogP contribution in [0, 0.1) is 0 Å². The predicted octanol–water partition coefficient (Wildman–Crippen LogP) is 4.65. The molecule has 2 heterocycles. The third-order valence-corrected chi connectivity index (χ3v) is 6.08. The Morgan fingerprint density at radius 3 is 2.54 bits per heavy atom. The van der Waals surface area contributed by atoms with Gasteiger partial charge in [0.25, 0.3) is 0 Å². The average Bonchev–Trinajstić information content (AvgIpc) is 3.22. The zero-order valence-corrected chi connectivity index (χ0v) is 21.0. The Bertz CT molecular complexity index is 1140. The first-order valence-electron chi connectivity index (χ1n) is 12.6. The van der Waals surface area contributed by atoms with Crippen molar-refractivity contribution in [3.63, 3.8) is 0 Å². The van der Waals surface area contributed by atoms with E-state index in [1.807, 2.05) is 54.8 Å². The van der Waals surface area contributed by atoms with E-state index in [0.717, 1.165) is 60.6 Å². The number of fused-ring (bicyclic) bond motifs is 1. The smallest absolute Gasteiger partial charge is 0.244 e. The van der Waals surface area contributed by atoms with Gasteiger partial charge in [0.2, 0.25) is 5.91 Å². The van der Waals surface area contributed by atoms with E-state index in [0.29, 0.717) is 37.9 Å². The average molecular weight is 481 g/mol. The molecule has 0 saturated carbocycles. The van der Waals surface area contributed by atoms with Gasteiger partial charge >= 0.3 is 0 Å². The summed E-state index contributed by atoms with van der Waals surface area (Å²) in [5.74, 6) is 2.16. The van der Waals surface area contributed by atoms with Crippen LogP contribution in [0.5, 0.6) is 11.5 Å². The standard InChI is InChI=1S/C27H36N4O4/c1-4-7-12-26-28-20-10-8-9-11-22(20)31(26)19-27(32)29-21-17-25(35-6-3)23(18-24(21)34-5-2)30-13-15-33-16-14-30/h8-11,17-18H,4-7,12-16,19H2,1-3H3,(H,29,32). The Hall–Kier alpha value is -3.26. The van der Waals surface area contributed by atoms with Crippen LogP contribution in [0.2, 0.25) is 0 Å². The summed E-state index contributed by atoms with van der Waals surface area (Å²) in [5, 5.41) is 3.07. The number of hydrogen-bond acceptors (Lipinski definition) is 6. The lowest BCUT2D eigenvalue weighted by Crippen LogP contribution is -2.36. The van der Waals surface area contributed by atoms with Crippen LogP contribution in [-0.2, 0) is 22.5 Å². The molecule has 1 aliphatic heterocycles. The van der Waals surface area contributed by atoms with Crippen LogP contribution in [0.25, 0.3) is 11.0 Å². The Labute approximate surface area is 207 Å². The summed E-state index contributed by atoms with van der Waals surface area (Å²) in [6.07, 6.45) is 2.94. The van der Waals surface area contributed by atoms with Gasteiger partial charge in [-0.2, -0.15) is 0 Å². The highest BCUT2D eigenvalue weighted by Crippen LogP contribution is 2.39. The minimum Gasteiger partial charge on any atom is -0.492 e. The molecule has 2 aromatic carbocycles. The highest BCUT2D eigenvalue weighted by Gasteiger charge is 2.21. The molecule has 35 heavy (non-hydrogen) atoms. The van der Waals surface area contributed by atoms with Gasteiger partial charge in [-0.05, 0) is 32.4 Å². The van der Waals surface area contributed by atoms with Crippen molar-refractivity contribution in [1.82, 2.24) is 9.55 Å². The van der Waals surface area contributed by atoms with E-state index >= 15 is 0 Å². The summed E-state index contributed by atoms with van der Waals surface area (Å²) in [6.45, 7) is 10.2. The second-order valence-corrected chi connectivity index (χ2v) is 8.54. The van der Waals surface area contributed by atoms with Crippen LogP contribution in [0.3, 0.4) is 0 Å². The number of morpholine rings is 1. The van der Waals surface area contributed by atoms with Crippen molar-refractivity contribution in [2.75, 3.05) is 49.7 Å². The monoisotopic (exact) mass is 480 g/mol. The SMILES string of the molecule is CCCCc1nc2ccccc2n1CC(=O)Nc1cc(OCC)c(N2CCOCC2)cc1OCC. The maximum Gasteiger partial charge on any atom is 0.244 e. The number of anilines is 2. The molecule has 8 nitrogen and oxygen atoms in total. The Kier molecular flexibility index (Phi) is 8.47. The first-order valence-corrected chi connectivity index (χ1v) is 12.6. The van der Waals surface area contributed by atoms with Gasteiger partial charge in [-0.15, -0.1) is 0 Å².